The molecule has 0 radical (unpaired) electrons. The highest BCUT2D eigenvalue weighted by Gasteiger charge is 2.34. The Morgan fingerprint density at radius 3 is 2.46 bits per heavy atom. The summed E-state index contributed by atoms with van der Waals surface area (Å²) in [6.07, 6.45) is -9.08. The van der Waals surface area contributed by atoms with Gasteiger partial charge in [-0.05, 0) is 67.1 Å². The lowest BCUT2D eigenvalue weighted by molar-refractivity contribution is -0.274. The first-order valence-electron chi connectivity index (χ1n) is 13.8. The molecule has 0 atom stereocenters. The van der Waals surface area contributed by atoms with Gasteiger partial charge in [0.15, 0.2) is 11.0 Å². The van der Waals surface area contributed by atoms with Gasteiger partial charge in [-0.15, -0.1) is 18.3 Å². The van der Waals surface area contributed by atoms with Crippen molar-refractivity contribution in [2.45, 2.75) is 25.9 Å². The van der Waals surface area contributed by atoms with Gasteiger partial charge < -0.3 is 19.5 Å². The molecule has 0 spiro atoms. The maximum absolute atomic E-state index is 13.0. The van der Waals surface area contributed by atoms with Crippen LogP contribution in [0.15, 0.2) is 72.0 Å². The Morgan fingerprint density at radius 2 is 1.77 bits per heavy atom. The Kier molecular flexibility index (Phi) is 9.83. The summed E-state index contributed by atoms with van der Waals surface area (Å²) in [6.45, 7) is 1.06. The highest BCUT2D eigenvalue weighted by molar-refractivity contribution is 8.15. The number of benzene rings is 3. The number of nitrogens with one attached hydrogen (secondary N) is 1. The van der Waals surface area contributed by atoms with Crippen LogP contribution in [0.25, 0.3) is 17.1 Å². The van der Waals surface area contributed by atoms with Crippen molar-refractivity contribution in [3.8, 4) is 34.3 Å². The molecule has 1 aliphatic heterocycles. The second-order valence-corrected chi connectivity index (χ2v) is 10.9. The standard InChI is InChI=1S/C30H24F6N6O5S/c1-17-3-10-23(46-12-11-29(31,32)33)22(13-17)42-25(43)15-48-28(42)39-27(44)38-21-9-4-18(14-24(21)45-2)26-37-16-41(40-26)19-5-7-20(8-6-19)47-30(34,35)36/h3-10,13-14,16H,11-12,15H2,1-2H3,(H,38,44). The van der Waals surface area contributed by atoms with Crippen LogP contribution in [0, 0.1) is 6.92 Å². The van der Waals surface area contributed by atoms with Crippen molar-refractivity contribution in [2.24, 2.45) is 4.99 Å². The zero-order chi connectivity index (χ0) is 34.6. The van der Waals surface area contributed by atoms with Gasteiger partial charge in [0.1, 0.15) is 23.6 Å². The van der Waals surface area contributed by atoms with E-state index in [1.807, 2.05) is 0 Å². The summed E-state index contributed by atoms with van der Waals surface area (Å²) in [7, 11) is 1.36. The number of carbonyl (C=O) groups is 2. The fraction of sp³-hybridized carbons (Fsp3) is 0.233. The first-order valence-corrected chi connectivity index (χ1v) is 14.8. The van der Waals surface area contributed by atoms with E-state index in [-0.39, 0.29) is 39.6 Å². The molecule has 18 heteroatoms. The molecule has 0 unspecified atom stereocenters. The van der Waals surface area contributed by atoms with Gasteiger partial charge in [-0.3, -0.25) is 9.69 Å². The Bertz CT molecular complexity index is 1850. The zero-order valence-electron chi connectivity index (χ0n) is 24.9. The predicted molar refractivity (Wildman–Crippen MR) is 164 cm³/mol. The zero-order valence-corrected chi connectivity index (χ0v) is 25.7. The number of rotatable bonds is 9. The van der Waals surface area contributed by atoms with E-state index in [1.165, 1.54) is 42.4 Å². The molecule has 5 rings (SSSR count). The molecule has 1 N–H and O–H groups in total. The molecule has 11 nitrogen and oxygen atoms in total. The quantitative estimate of drug-likeness (QED) is 0.184. The van der Waals surface area contributed by atoms with Crippen molar-refractivity contribution in [1.82, 2.24) is 14.8 Å². The average Bonchev–Trinajstić information content (AvgIpc) is 3.64. The Morgan fingerprint density at radius 1 is 1.02 bits per heavy atom. The molecule has 0 bridgehead atoms. The number of amides is 3. The van der Waals surface area contributed by atoms with Crippen LogP contribution in [0.1, 0.15) is 12.0 Å². The van der Waals surface area contributed by atoms with Gasteiger partial charge in [0.05, 0.1) is 43.0 Å². The molecule has 1 aliphatic rings. The third-order valence-electron chi connectivity index (χ3n) is 6.49. The first kappa shape index (κ1) is 34.1. The SMILES string of the molecule is COc1cc(-c2ncn(-c3ccc(OC(F)(F)F)cc3)n2)ccc1NC(=O)N=C1SCC(=O)N1c1cc(C)ccc1OCCC(F)(F)F. The summed E-state index contributed by atoms with van der Waals surface area (Å²) in [4.78, 5) is 35.2. The van der Waals surface area contributed by atoms with Crippen LogP contribution >= 0.6 is 11.8 Å². The smallest absolute Gasteiger partial charge is 0.495 e. The Labute approximate surface area is 272 Å². The van der Waals surface area contributed by atoms with Gasteiger partial charge in [0, 0.05) is 5.56 Å². The summed E-state index contributed by atoms with van der Waals surface area (Å²) in [6, 6.07) is 13.4. The number of aromatic nitrogens is 3. The number of aryl methyl sites for hydroxylation is 1. The maximum Gasteiger partial charge on any atom is 0.573 e. The maximum atomic E-state index is 13.0. The van der Waals surface area contributed by atoms with E-state index in [4.69, 9.17) is 9.47 Å². The van der Waals surface area contributed by atoms with Crippen molar-refractivity contribution < 1.29 is 50.1 Å². The molecule has 1 saturated heterocycles. The molecule has 0 aliphatic carbocycles. The minimum absolute atomic E-state index is 0.00732. The number of ether oxygens (including phenoxy) is 3. The number of hydrogen-bond acceptors (Lipinski definition) is 8. The van der Waals surface area contributed by atoms with Crippen molar-refractivity contribution in [3.05, 3.63) is 72.6 Å². The normalized spacial score (nSPS) is 14.4. The van der Waals surface area contributed by atoms with Crippen LogP contribution in [0.2, 0.25) is 0 Å². The molecule has 3 aromatic carbocycles. The van der Waals surface area contributed by atoms with Gasteiger partial charge in [-0.1, -0.05) is 17.8 Å². The number of hydrogen-bond donors (Lipinski definition) is 1. The predicted octanol–water partition coefficient (Wildman–Crippen LogP) is 7.15. The van der Waals surface area contributed by atoms with Gasteiger partial charge >= 0.3 is 18.6 Å². The van der Waals surface area contributed by atoms with Crippen LogP contribution in [-0.4, -0.2) is 63.9 Å². The number of nitrogens with zero attached hydrogens (tertiary/aromatic N) is 5. The fourth-order valence-corrected chi connectivity index (χ4v) is 5.22. The highest BCUT2D eigenvalue weighted by Crippen LogP contribution is 2.36. The number of aliphatic imine (C=N–C) groups is 1. The van der Waals surface area contributed by atoms with Gasteiger partial charge in [0.25, 0.3) is 0 Å². The van der Waals surface area contributed by atoms with Gasteiger partial charge in [-0.2, -0.15) is 18.2 Å². The molecule has 1 aromatic heterocycles. The second-order valence-electron chi connectivity index (χ2n) is 10.00. The Hall–Kier alpha value is -5.26. The molecule has 48 heavy (non-hydrogen) atoms. The molecule has 1 fully saturated rings. The van der Waals surface area contributed by atoms with E-state index >= 15 is 0 Å². The molecule has 3 amide bonds. The fourth-order valence-electron chi connectivity index (χ4n) is 4.37. The molecule has 2 heterocycles. The van der Waals surface area contributed by atoms with Crippen molar-refractivity contribution in [2.75, 3.05) is 29.7 Å². The number of thioether (sulfide) groups is 1. The lowest BCUT2D eigenvalue weighted by atomic mass is 10.2. The third kappa shape index (κ3) is 8.55. The lowest BCUT2D eigenvalue weighted by Crippen LogP contribution is -2.31. The lowest BCUT2D eigenvalue weighted by Gasteiger charge is -2.21. The summed E-state index contributed by atoms with van der Waals surface area (Å²) in [5, 5.41) is 6.93. The van der Waals surface area contributed by atoms with E-state index in [9.17, 15) is 35.9 Å². The van der Waals surface area contributed by atoms with Crippen LogP contribution in [0.5, 0.6) is 17.2 Å². The van der Waals surface area contributed by atoms with Crippen LogP contribution in [-0.2, 0) is 4.79 Å². The number of methoxy groups -OCH3 is 1. The highest BCUT2D eigenvalue weighted by atomic mass is 32.2. The van der Waals surface area contributed by atoms with E-state index in [2.05, 4.69) is 25.1 Å². The minimum atomic E-state index is -4.82. The van der Waals surface area contributed by atoms with E-state index < -0.39 is 43.3 Å². The number of carbonyl (C=O) groups excluding carboxylic acids is 2. The summed E-state index contributed by atoms with van der Waals surface area (Å²) < 4.78 is 91.4. The monoisotopic (exact) mass is 694 g/mol. The van der Waals surface area contributed by atoms with Gasteiger partial charge in [0.2, 0.25) is 5.91 Å². The summed E-state index contributed by atoms with van der Waals surface area (Å²) in [5.41, 5.74) is 1.95. The summed E-state index contributed by atoms with van der Waals surface area (Å²) in [5.74, 6) is -0.432. The molecular formula is C30H24F6N6O5S. The largest absolute Gasteiger partial charge is 0.573 e. The number of alkyl halides is 6. The molecule has 4 aromatic rings. The minimum Gasteiger partial charge on any atom is -0.495 e. The van der Waals surface area contributed by atoms with Crippen LogP contribution in [0.3, 0.4) is 0 Å². The Balaban J connectivity index is 1.31. The second kappa shape index (κ2) is 13.8. The number of halogens is 6. The molecule has 0 saturated carbocycles. The van der Waals surface area contributed by atoms with Gasteiger partial charge in [-0.25, -0.2) is 14.5 Å². The third-order valence-corrected chi connectivity index (χ3v) is 7.41. The number of amidine groups is 1. The topological polar surface area (TPSA) is 120 Å². The van der Waals surface area contributed by atoms with Crippen molar-refractivity contribution >= 4 is 40.2 Å². The first-order chi connectivity index (χ1) is 22.7. The van der Waals surface area contributed by atoms with E-state index in [1.54, 1.807) is 31.2 Å². The molecule has 252 valence electrons. The van der Waals surface area contributed by atoms with Crippen molar-refractivity contribution in [1.29, 1.82) is 0 Å². The van der Waals surface area contributed by atoms with E-state index in [0.29, 0.717) is 16.8 Å². The summed E-state index contributed by atoms with van der Waals surface area (Å²) >= 11 is 0.971. The van der Waals surface area contributed by atoms with E-state index in [0.717, 1.165) is 28.8 Å². The van der Waals surface area contributed by atoms with Crippen molar-refractivity contribution in [3.63, 3.8) is 0 Å². The average molecular weight is 695 g/mol. The number of anilines is 2. The number of urea groups is 1. The van der Waals surface area contributed by atoms with Crippen LogP contribution in [0.4, 0.5) is 42.5 Å². The van der Waals surface area contributed by atoms with Crippen LogP contribution < -0.4 is 24.4 Å². The molecular weight excluding hydrogens is 670 g/mol.